The van der Waals surface area contributed by atoms with Gasteiger partial charge in [-0.25, -0.2) is 0 Å². The number of rotatable bonds is 9. The van der Waals surface area contributed by atoms with Gasteiger partial charge in [0, 0.05) is 13.0 Å². The molecule has 0 saturated heterocycles. The van der Waals surface area contributed by atoms with Gasteiger partial charge in [0.1, 0.15) is 5.75 Å². The van der Waals surface area contributed by atoms with E-state index < -0.39 is 0 Å². The molecule has 1 unspecified atom stereocenters. The van der Waals surface area contributed by atoms with Crippen molar-refractivity contribution in [1.29, 1.82) is 0 Å². The molecule has 0 bridgehead atoms. The summed E-state index contributed by atoms with van der Waals surface area (Å²) in [4.78, 5) is 12.0. The van der Waals surface area contributed by atoms with Crippen LogP contribution in [0.1, 0.15) is 45.6 Å². The van der Waals surface area contributed by atoms with Crippen molar-refractivity contribution in [3.63, 3.8) is 0 Å². The van der Waals surface area contributed by atoms with Gasteiger partial charge in [0.25, 0.3) is 0 Å². The van der Waals surface area contributed by atoms with Crippen molar-refractivity contribution in [2.24, 2.45) is 11.7 Å². The molecule has 3 N–H and O–H groups in total. The first-order chi connectivity index (χ1) is 10.4. The van der Waals surface area contributed by atoms with Gasteiger partial charge in [-0.3, -0.25) is 4.79 Å². The summed E-state index contributed by atoms with van der Waals surface area (Å²) in [6, 6.07) is 8.00. The van der Waals surface area contributed by atoms with Gasteiger partial charge in [-0.15, -0.1) is 0 Å². The summed E-state index contributed by atoms with van der Waals surface area (Å²) in [6.45, 7) is 9.27. The predicted molar refractivity (Wildman–Crippen MR) is 91.0 cm³/mol. The molecule has 1 aromatic rings. The second-order valence-corrected chi connectivity index (χ2v) is 6.45. The van der Waals surface area contributed by atoms with Crippen LogP contribution in [0.25, 0.3) is 0 Å². The Bertz CT molecular complexity index is 474. The Balaban J connectivity index is 2.23. The standard InChI is InChI=1S/C18H30N2O2/c1-14(2)18(4,13-19)20-17(21)10-5-6-11-22-16-9-7-8-15(3)12-16/h7-9,12,14H,5-6,10-11,13,19H2,1-4H3,(H,20,21). The van der Waals surface area contributed by atoms with Gasteiger partial charge in [-0.1, -0.05) is 26.0 Å². The average Bonchev–Trinajstić information content (AvgIpc) is 2.46. The summed E-state index contributed by atoms with van der Waals surface area (Å²) in [6.07, 6.45) is 2.19. The summed E-state index contributed by atoms with van der Waals surface area (Å²) in [5, 5.41) is 3.05. The molecule has 0 aromatic heterocycles. The smallest absolute Gasteiger partial charge is 0.220 e. The van der Waals surface area contributed by atoms with E-state index in [1.165, 1.54) is 5.56 Å². The minimum atomic E-state index is -0.324. The van der Waals surface area contributed by atoms with Crippen LogP contribution in [0.2, 0.25) is 0 Å². The molecule has 0 fully saturated rings. The molecule has 0 radical (unpaired) electrons. The third-order valence-electron chi connectivity index (χ3n) is 4.18. The average molecular weight is 306 g/mol. The highest BCUT2D eigenvalue weighted by Gasteiger charge is 2.28. The van der Waals surface area contributed by atoms with Crippen LogP contribution in [0.5, 0.6) is 5.75 Å². The first kappa shape index (κ1) is 18.5. The minimum Gasteiger partial charge on any atom is -0.494 e. The number of ether oxygens (including phenoxy) is 1. The zero-order valence-electron chi connectivity index (χ0n) is 14.3. The fourth-order valence-corrected chi connectivity index (χ4v) is 2.09. The number of amides is 1. The molecule has 0 aliphatic rings. The number of nitrogens with two attached hydrogens (primary N) is 1. The van der Waals surface area contributed by atoms with Crippen LogP contribution in [0, 0.1) is 12.8 Å². The fourth-order valence-electron chi connectivity index (χ4n) is 2.09. The molecular weight excluding hydrogens is 276 g/mol. The summed E-state index contributed by atoms with van der Waals surface area (Å²) in [7, 11) is 0. The summed E-state index contributed by atoms with van der Waals surface area (Å²) in [5.41, 5.74) is 6.64. The van der Waals surface area contributed by atoms with Crippen LogP contribution in [-0.4, -0.2) is 24.6 Å². The molecule has 4 heteroatoms. The molecule has 1 atom stereocenters. The third-order valence-corrected chi connectivity index (χ3v) is 4.18. The Hall–Kier alpha value is -1.55. The largest absolute Gasteiger partial charge is 0.494 e. The molecule has 1 amide bonds. The minimum absolute atomic E-state index is 0.0669. The van der Waals surface area contributed by atoms with Gasteiger partial charge < -0.3 is 15.8 Å². The first-order valence-electron chi connectivity index (χ1n) is 8.08. The molecule has 4 nitrogen and oxygen atoms in total. The predicted octanol–water partition coefficient (Wildman–Crippen LogP) is 3.03. The first-order valence-corrected chi connectivity index (χ1v) is 8.08. The van der Waals surface area contributed by atoms with Gasteiger partial charge in [-0.2, -0.15) is 0 Å². The topological polar surface area (TPSA) is 64.3 Å². The summed E-state index contributed by atoms with van der Waals surface area (Å²) >= 11 is 0. The lowest BCUT2D eigenvalue weighted by Crippen LogP contribution is -2.54. The Labute approximate surface area is 134 Å². The molecule has 0 saturated carbocycles. The number of benzene rings is 1. The van der Waals surface area contributed by atoms with Crippen molar-refractivity contribution in [3.8, 4) is 5.75 Å². The van der Waals surface area contributed by atoms with Gasteiger partial charge in [-0.05, 0) is 50.3 Å². The highest BCUT2D eigenvalue weighted by molar-refractivity contribution is 5.76. The Morgan fingerprint density at radius 2 is 2.09 bits per heavy atom. The maximum atomic E-state index is 12.0. The maximum absolute atomic E-state index is 12.0. The van der Waals surface area contributed by atoms with E-state index >= 15 is 0 Å². The van der Waals surface area contributed by atoms with Crippen LogP contribution < -0.4 is 15.8 Å². The van der Waals surface area contributed by atoms with Crippen LogP contribution in [0.15, 0.2) is 24.3 Å². The van der Waals surface area contributed by atoms with E-state index in [1.54, 1.807) is 0 Å². The highest BCUT2D eigenvalue weighted by atomic mass is 16.5. The Morgan fingerprint density at radius 3 is 2.68 bits per heavy atom. The second-order valence-electron chi connectivity index (χ2n) is 6.45. The van der Waals surface area contributed by atoms with Gasteiger partial charge in [0.05, 0.1) is 12.1 Å². The maximum Gasteiger partial charge on any atom is 0.220 e. The third kappa shape index (κ3) is 6.06. The van der Waals surface area contributed by atoms with Crippen LogP contribution in [0.4, 0.5) is 0 Å². The molecule has 1 rings (SSSR count). The van der Waals surface area contributed by atoms with Gasteiger partial charge in [0.2, 0.25) is 5.91 Å². The Morgan fingerprint density at radius 1 is 1.36 bits per heavy atom. The van der Waals surface area contributed by atoms with E-state index in [1.807, 2.05) is 38.1 Å². The van der Waals surface area contributed by atoms with E-state index in [-0.39, 0.29) is 11.4 Å². The fraction of sp³-hybridized carbons (Fsp3) is 0.611. The molecule has 0 aliphatic carbocycles. The number of carbonyl (C=O) groups is 1. The van der Waals surface area contributed by atoms with E-state index in [9.17, 15) is 4.79 Å². The van der Waals surface area contributed by atoms with Crippen molar-refractivity contribution in [2.45, 2.75) is 52.5 Å². The lowest BCUT2D eigenvalue weighted by molar-refractivity contribution is -0.123. The normalized spacial score (nSPS) is 13.7. The number of hydrogen-bond donors (Lipinski definition) is 2. The van der Waals surface area contributed by atoms with Crippen LogP contribution in [0.3, 0.4) is 0 Å². The zero-order chi connectivity index (χ0) is 16.6. The number of unbranched alkanes of at least 4 members (excludes halogenated alkanes) is 1. The zero-order valence-corrected chi connectivity index (χ0v) is 14.3. The lowest BCUT2D eigenvalue weighted by atomic mass is 9.88. The molecule has 1 aromatic carbocycles. The molecule has 0 spiro atoms. The molecular formula is C18H30N2O2. The lowest BCUT2D eigenvalue weighted by Gasteiger charge is -2.33. The van der Waals surface area contributed by atoms with Gasteiger partial charge >= 0.3 is 0 Å². The van der Waals surface area contributed by atoms with Crippen molar-refractivity contribution >= 4 is 5.91 Å². The second kappa shape index (κ2) is 8.79. The number of hydrogen-bond acceptors (Lipinski definition) is 3. The SMILES string of the molecule is Cc1cccc(OCCCCC(=O)NC(C)(CN)C(C)C)c1. The molecule has 22 heavy (non-hydrogen) atoms. The van der Waals surface area contributed by atoms with E-state index in [4.69, 9.17) is 10.5 Å². The van der Waals surface area contributed by atoms with Gasteiger partial charge in [0.15, 0.2) is 0 Å². The number of nitrogens with one attached hydrogen (secondary N) is 1. The van der Waals surface area contributed by atoms with Crippen molar-refractivity contribution in [2.75, 3.05) is 13.2 Å². The van der Waals surface area contributed by atoms with E-state index in [0.717, 1.165) is 18.6 Å². The molecule has 124 valence electrons. The summed E-state index contributed by atoms with van der Waals surface area (Å²) in [5.74, 6) is 1.27. The van der Waals surface area contributed by atoms with Crippen LogP contribution in [-0.2, 0) is 4.79 Å². The van der Waals surface area contributed by atoms with Crippen molar-refractivity contribution in [3.05, 3.63) is 29.8 Å². The molecule has 0 heterocycles. The quantitative estimate of drug-likeness (QED) is 0.689. The molecule has 0 aliphatic heterocycles. The monoisotopic (exact) mass is 306 g/mol. The highest BCUT2D eigenvalue weighted by Crippen LogP contribution is 2.15. The van der Waals surface area contributed by atoms with Crippen molar-refractivity contribution < 1.29 is 9.53 Å². The van der Waals surface area contributed by atoms with Crippen LogP contribution >= 0.6 is 0 Å². The van der Waals surface area contributed by atoms with E-state index in [0.29, 0.717) is 25.5 Å². The number of carbonyl (C=O) groups excluding carboxylic acids is 1. The Kier molecular flexibility index (Phi) is 7.39. The van der Waals surface area contributed by atoms with Crippen molar-refractivity contribution in [1.82, 2.24) is 5.32 Å². The number of aryl methyl sites for hydroxylation is 1. The summed E-state index contributed by atoms with van der Waals surface area (Å²) < 4.78 is 5.68. The van der Waals surface area contributed by atoms with E-state index in [2.05, 4.69) is 19.2 Å².